The van der Waals surface area contributed by atoms with Crippen LogP contribution in [0, 0.1) is 0 Å². The molecular formula is C20H26N2O2. The van der Waals surface area contributed by atoms with Crippen molar-refractivity contribution < 1.29 is 9.53 Å². The second-order valence-electron chi connectivity index (χ2n) is 6.01. The van der Waals surface area contributed by atoms with Gasteiger partial charge in [-0.2, -0.15) is 0 Å². The molecule has 0 saturated carbocycles. The molecule has 128 valence electrons. The summed E-state index contributed by atoms with van der Waals surface area (Å²) in [5.74, 6) is 0.962. The average Bonchev–Trinajstić information content (AvgIpc) is 2.60. The zero-order chi connectivity index (χ0) is 17.4. The minimum atomic E-state index is 0.157. The van der Waals surface area contributed by atoms with Gasteiger partial charge < -0.3 is 15.0 Å². The molecule has 2 aromatic rings. The summed E-state index contributed by atoms with van der Waals surface area (Å²) in [5.41, 5.74) is 2.11. The van der Waals surface area contributed by atoms with Crippen LogP contribution in [-0.4, -0.2) is 30.5 Å². The summed E-state index contributed by atoms with van der Waals surface area (Å²) in [7, 11) is 1.65. The van der Waals surface area contributed by atoms with Crippen LogP contribution in [0.25, 0.3) is 0 Å². The van der Waals surface area contributed by atoms with Gasteiger partial charge >= 0.3 is 0 Å². The Kier molecular flexibility index (Phi) is 6.67. The maximum Gasteiger partial charge on any atom is 0.224 e. The number of nitrogens with one attached hydrogen (secondary N) is 1. The van der Waals surface area contributed by atoms with Gasteiger partial charge in [0, 0.05) is 37.3 Å². The number of methoxy groups -OCH3 is 1. The van der Waals surface area contributed by atoms with Crippen LogP contribution in [0.5, 0.6) is 5.75 Å². The highest BCUT2D eigenvalue weighted by Gasteiger charge is 2.16. The van der Waals surface area contributed by atoms with E-state index >= 15 is 0 Å². The van der Waals surface area contributed by atoms with Crippen LogP contribution < -0.4 is 10.1 Å². The van der Waals surface area contributed by atoms with Gasteiger partial charge in [-0.15, -0.1) is 0 Å². The summed E-state index contributed by atoms with van der Waals surface area (Å²) in [6.45, 7) is 5.35. The first-order valence-electron chi connectivity index (χ1n) is 8.31. The molecule has 0 aromatic heterocycles. The fourth-order valence-corrected chi connectivity index (χ4v) is 2.53. The Morgan fingerprint density at radius 3 is 2.54 bits per heavy atom. The Morgan fingerprint density at radius 2 is 1.88 bits per heavy atom. The molecule has 0 aliphatic carbocycles. The second-order valence-corrected chi connectivity index (χ2v) is 6.01. The first kappa shape index (κ1) is 17.9. The number of nitrogens with zero attached hydrogens (tertiary/aromatic N) is 1. The maximum atomic E-state index is 12.6. The lowest BCUT2D eigenvalue weighted by Gasteiger charge is -2.27. The Bertz CT molecular complexity index is 641. The van der Waals surface area contributed by atoms with Crippen molar-refractivity contribution in [1.82, 2.24) is 4.90 Å². The van der Waals surface area contributed by atoms with Crippen LogP contribution in [0.4, 0.5) is 5.69 Å². The summed E-state index contributed by atoms with van der Waals surface area (Å²) in [5, 5.41) is 3.28. The zero-order valence-corrected chi connectivity index (χ0v) is 14.7. The van der Waals surface area contributed by atoms with Gasteiger partial charge in [0.05, 0.1) is 7.11 Å². The topological polar surface area (TPSA) is 41.6 Å². The molecule has 2 aromatic carbocycles. The van der Waals surface area contributed by atoms with Gasteiger partial charge in [0.1, 0.15) is 5.75 Å². The van der Waals surface area contributed by atoms with E-state index in [4.69, 9.17) is 4.74 Å². The smallest absolute Gasteiger partial charge is 0.224 e. The van der Waals surface area contributed by atoms with E-state index in [1.54, 1.807) is 7.11 Å². The number of carbonyl (C=O) groups is 1. The van der Waals surface area contributed by atoms with Gasteiger partial charge in [0.2, 0.25) is 5.91 Å². The minimum absolute atomic E-state index is 0.157. The third kappa shape index (κ3) is 5.30. The average molecular weight is 326 g/mol. The molecule has 1 amide bonds. The normalized spacial score (nSPS) is 10.5. The summed E-state index contributed by atoms with van der Waals surface area (Å²) < 4.78 is 5.20. The molecule has 0 saturated heterocycles. The molecule has 0 heterocycles. The Labute approximate surface area is 144 Å². The van der Waals surface area contributed by atoms with E-state index in [9.17, 15) is 4.79 Å². The highest BCUT2D eigenvalue weighted by atomic mass is 16.5. The lowest BCUT2D eigenvalue weighted by molar-refractivity contribution is -0.133. The second kappa shape index (κ2) is 8.96. The lowest BCUT2D eigenvalue weighted by atomic mass is 10.1. The largest absolute Gasteiger partial charge is 0.497 e. The Morgan fingerprint density at radius 1 is 1.12 bits per heavy atom. The predicted octanol–water partition coefficient (Wildman–Crippen LogP) is 3.93. The molecular weight excluding hydrogens is 300 g/mol. The molecule has 2 rings (SSSR count). The van der Waals surface area contributed by atoms with Gasteiger partial charge in [0.15, 0.2) is 0 Å². The number of hydrogen-bond donors (Lipinski definition) is 1. The molecule has 0 aliphatic heterocycles. The van der Waals surface area contributed by atoms with Crippen LogP contribution in [0.15, 0.2) is 54.6 Å². The van der Waals surface area contributed by atoms with Crippen molar-refractivity contribution in [2.24, 2.45) is 0 Å². The van der Waals surface area contributed by atoms with E-state index in [1.165, 1.54) is 0 Å². The summed E-state index contributed by atoms with van der Waals surface area (Å²) in [6.07, 6.45) is 0.461. The molecule has 0 atom stereocenters. The number of amides is 1. The van der Waals surface area contributed by atoms with Crippen molar-refractivity contribution in [3.63, 3.8) is 0 Å². The van der Waals surface area contributed by atoms with Crippen LogP contribution in [-0.2, 0) is 11.3 Å². The standard InChI is InChI=1S/C20H26N2O2/c1-16(2)22(15-17-8-5-4-6-9-17)20(23)12-13-21-18-10-7-11-19(14-18)24-3/h4-11,14,16,21H,12-13,15H2,1-3H3. The van der Waals surface area contributed by atoms with Crippen molar-refractivity contribution in [1.29, 1.82) is 0 Å². The fraction of sp³-hybridized carbons (Fsp3) is 0.350. The van der Waals surface area contributed by atoms with E-state index in [-0.39, 0.29) is 11.9 Å². The van der Waals surface area contributed by atoms with Crippen molar-refractivity contribution in [2.45, 2.75) is 32.9 Å². The van der Waals surface area contributed by atoms with Crippen molar-refractivity contribution in [2.75, 3.05) is 19.0 Å². The number of ether oxygens (including phenoxy) is 1. The number of carbonyl (C=O) groups excluding carboxylic acids is 1. The summed E-state index contributed by atoms with van der Waals surface area (Å²) >= 11 is 0. The molecule has 24 heavy (non-hydrogen) atoms. The molecule has 0 radical (unpaired) electrons. The minimum Gasteiger partial charge on any atom is -0.497 e. The van der Waals surface area contributed by atoms with Gasteiger partial charge in [-0.3, -0.25) is 4.79 Å². The molecule has 0 bridgehead atoms. The summed E-state index contributed by atoms with van der Waals surface area (Å²) in [4.78, 5) is 14.5. The van der Waals surface area contributed by atoms with Crippen molar-refractivity contribution in [3.8, 4) is 5.75 Å². The van der Waals surface area contributed by atoms with Gasteiger partial charge in [-0.05, 0) is 31.5 Å². The van der Waals surface area contributed by atoms with Crippen LogP contribution in [0.3, 0.4) is 0 Å². The molecule has 1 N–H and O–H groups in total. The molecule has 0 spiro atoms. The highest BCUT2D eigenvalue weighted by Crippen LogP contribution is 2.17. The molecule has 0 aliphatic rings. The third-order valence-electron chi connectivity index (χ3n) is 3.88. The molecule has 0 unspecified atom stereocenters. The lowest BCUT2D eigenvalue weighted by Crippen LogP contribution is -2.37. The molecule has 4 heteroatoms. The fourth-order valence-electron chi connectivity index (χ4n) is 2.53. The SMILES string of the molecule is COc1cccc(NCCC(=O)N(Cc2ccccc2)C(C)C)c1. The van der Waals surface area contributed by atoms with E-state index in [2.05, 4.69) is 31.3 Å². The van der Waals surface area contributed by atoms with Gasteiger partial charge in [0.25, 0.3) is 0 Å². The number of benzene rings is 2. The van der Waals surface area contributed by atoms with Gasteiger partial charge in [-0.25, -0.2) is 0 Å². The van der Waals surface area contributed by atoms with Crippen LogP contribution >= 0.6 is 0 Å². The van der Waals surface area contributed by atoms with E-state index in [0.717, 1.165) is 17.0 Å². The summed E-state index contributed by atoms with van der Waals surface area (Å²) in [6, 6.07) is 18.0. The number of hydrogen-bond acceptors (Lipinski definition) is 3. The van der Waals surface area contributed by atoms with E-state index < -0.39 is 0 Å². The quantitative estimate of drug-likeness (QED) is 0.799. The van der Waals surface area contributed by atoms with Crippen LogP contribution in [0.2, 0.25) is 0 Å². The van der Waals surface area contributed by atoms with E-state index in [0.29, 0.717) is 19.5 Å². The Hall–Kier alpha value is -2.49. The van der Waals surface area contributed by atoms with Crippen molar-refractivity contribution in [3.05, 3.63) is 60.2 Å². The highest BCUT2D eigenvalue weighted by molar-refractivity contribution is 5.77. The maximum absolute atomic E-state index is 12.6. The Balaban J connectivity index is 1.88. The first-order valence-corrected chi connectivity index (χ1v) is 8.31. The number of rotatable bonds is 8. The predicted molar refractivity (Wildman–Crippen MR) is 98.2 cm³/mol. The van der Waals surface area contributed by atoms with Gasteiger partial charge in [-0.1, -0.05) is 36.4 Å². The molecule has 0 fully saturated rings. The molecule has 4 nitrogen and oxygen atoms in total. The van der Waals surface area contributed by atoms with E-state index in [1.807, 2.05) is 47.4 Å². The third-order valence-corrected chi connectivity index (χ3v) is 3.88. The number of anilines is 1. The van der Waals surface area contributed by atoms with Crippen LogP contribution in [0.1, 0.15) is 25.8 Å². The first-order chi connectivity index (χ1) is 11.6. The monoisotopic (exact) mass is 326 g/mol. The zero-order valence-electron chi connectivity index (χ0n) is 14.7. The van der Waals surface area contributed by atoms with Crippen molar-refractivity contribution >= 4 is 11.6 Å².